The van der Waals surface area contributed by atoms with Crippen molar-refractivity contribution in [2.75, 3.05) is 0 Å². The third-order valence-electron chi connectivity index (χ3n) is 0.959. The van der Waals surface area contributed by atoms with Crippen LogP contribution in [0.25, 0.3) is 0 Å². The standard InChI is InChI=1S/C5H8F2O/c1-3-5(6,7)4(2)8/h3H2,1-2H3. The van der Waals surface area contributed by atoms with Crippen molar-refractivity contribution in [1.29, 1.82) is 0 Å². The zero-order chi connectivity index (χ0) is 6.78. The molecule has 0 atom stereocenters. The summed E-state index contributed by atoms with van der Waals surface area (Å²) in [6, 6.07) is 0. The number of Topliss-reactive ketones (excluding diaryl/α,β-unsaturated/α-hetero) is 1. The van der Waals surface area contributed by atoms with E-state index in [1.54, 1.807) is 0 Å². The highest BCUT2D eigenvalue weighted by Crippen LogP contribution is 2.17. The fraction of sp³-hybridized carbons (Fsp3) is 0.800. The van der Waals surface area contributed by atoms with Crippen molar-refractivity contribution in [2.24, 2.45) is 0 Å². The zero-order valence-corrected chi connectivity index (χ0v) is 4.87. The molecular weight excluding hydrogens is 114 g/mol. The van der Waals surface area contributed by atoms with Crippen LogP contribution in [0, 0.1) is 0 Å². The van der Waals surface area contributed by atoms with Gasteiger partial charge in [-0.1, -0.05) is 6.92 Å². The van der Waals surface area contributed by atoms with E-state index in [2.05, 4.69) is 0 Å². The molecule has 0 radical (unpaired) electrons. The maximum absolute atomic E-state index is 11.9. The molecule has 0 aromatic rings. The summed E-state index contributed by atoms with van der Waals surface area (Å²) in [6.07, 6.45) is -0.400. The molecule has 0 bridgehead atoms. The summed E-state index contributed by atoms with van der Waals surface area (Å²) in [7, 11) is 0. The molecule has 3 heteroatoms. The minimum absolute atomic E-state index is 0.400. The van der Waals surface area contributed by atoms with Crippen LogP contribution in [0.1, 0.15) is 20.3 Å². The van der Waals surface area contributed by atoms with Crippen LogP contribution in [0.2, 0.25) is 0 Å². The van der Waals surface area contributed by atoms with E-state index in [0.717, 1.165) is 6.92 Å². The number of halogens is 2. The Bertz CT molecular complexity index is 98.6. The summed E-state index contributed by atoms with van der Waals surface area (Å²) in [5.41, 5.74) is 0. The molecule has 0 heterocycles. The smallest absolute Gasteiger partial charge is 0.293 e. The summed E-state index contributed by atoms with van der Waals surface area (Å²) < 4.78 is 23.9. The molecule has 0 aliphatic carbocycles. The van der Waals surface area contributed by atoms with E-state index in [1.165, 1.54) is 6.92 Å². The molecule has 0 unspecified atom stereocenters. The lowest BCUT2D eigenvalue weighted by molar-refractivity contribution is -0.140. The Morgan fingerprint density at radius 1 is 1.62 bits per heavy atom. The Morgan fingerprint density at radius 3 is 2.00 bits per heavy atom. The topological polar surface area (TPSA) is 17.1 Å². The molecule has 0 saturated heterocycles. The maximum Gasteiger partial charge on any atom is 0.304 e. The van der Waals surface area contributed by atoms with Gasteiger partial charge in [0.15, 0.2) is 5.78 Å². The normalized spacial score (nSPS) is 11.5. The Balaban J connectivity index is 3.91. The molecule has 0 saturated carbocycles. The van der Waals surface area contributed by atoms with Crippen LogP contribution >= 0.6 is 0 Å². The van der Waals surface area contributed by atoms with Gasteiger partial charge in [-0.2, -0.15) is 8.78 Å². The van der Waals surface area contributed by atoms with Crippen molar-refractivity contribution >= 4 is 5.78 Å². The maximum atomic E-state index is 11.9. The van der Waals surface area contributed by atoms with Gasteiger partial charge in [0.1, 0.15) is 0 Å². The van der Waals surface area contributed by atoms with Crippen LogP contribution in [0.3, 0.4) is 0 Å². The van der Waals surface area contributed by atoms with E-state index < -0.39 is 18.1 Å². The molecule has 0 aromatic heterocycles. The number of hydrogen-bond donors (Lipinski definition) is 0. The second kappa shape index (κ2) is 2.20. The van der Waals surface area contributed by atoms with Crippen molar-refractivity contribution in [2.45, 2.75) is 26.2 Å². The first-order valence-electron chi connectivity index (χ1n) is 2.39. The molecule has 0 fully saturated rings. The van der Waals surface area contributed by atoms with Gasteiger partial charge in [-0.15, -0.1) is 0 Å². The zero-order valence-electron chi connectivity index (χ0n) is 4.87. The van der Waals surface area contributed by atoms with E-state index in [9.17, 15) is 13.6 Å². The summed E-state index contributed by atoms with van der Waals surface area (Å²) in [6.45, 7) is 2.17. The summed E-state index contributed by atoms with van der Waals surface area (Å²) in [4.78, 5) is 9.95. The third kappa shape index (κ3) is 1.56. The molecule has 0 rings (SSSR count). The number of carbonyl (C=O) groups is 1. The van der Waals surface area contributed by atoms with Gasteiger partial charge in [-0.05, 0) is 0 Å². The van der Waals surface area contributed by atoms with Gasteiger partial charge in [0.25, 0.3) is 0 Å². The average Bonchev–Trinajstić information content (AvgIpc) is 1.67. The summed E-state index contributed by atoms with van der Waals surface area (Å²) in [5, 5.41) is 0. The van der Waals surface area contributed by atoms with Gasteiger partial charge in [-0.25, -0.2) is 0 Å². The number of hydrogen-bond acceptors (Lipinski definition) is 1. The second-order valence-corrected chi connectivity index (χ2v) is 1.61. The molecular formula is C5H8F2O. The highest BCUT2D eigenvalue weighted by molar-refractivity contribution is 5.82. The van der Waals surface area contributed by atoms with Crippen LogP contribution in [0.5, 0.6) is 0 Å². The number of carbonyl (C=O) groups excluding carboxylic acids is 1. The first-order valence-corrected chi connectivity index (χ1v) is 2.39. The number of alkyl halides is 2. The van der Waals surface area contributed by atoms with Crippen molar-refractivity contribution in [3.05, 3.63) is 0 Å². The van der Waals surface area contributed by atoms with E-state index in [0.29, 0.717) is 0 Å². The van der Waals surface area contributed by atoms with E-state index in [-0.39, 0.29) is 0 Å². The van der Waals surface area contributed by atoms with E-state index >= 15 is 0 Å². The van der Waals surface area contributed by atoms with Gasteiger partial charge in [0.05, 0.1) is 0 Å². The Labute approximate surface area is 46.7 Å². The Kier molecular flexibility index (Phi) is 2.07. The largest absolute Gasteiger partial charge is 0.304 e. The van der Waals surface area contributed by atoms with Crippen molar-refractivity contribution in [3.8, 4) is 0 Å². The SMILES string of the molecule is CCC(F)(F)C(C)=O. The lowest BCUT2D eigenvalue weighted by Crippen LogP contribution is -2.24. The number of ketones is 1. The van der Waals surface area contributed by atoms with Crippen LogP contribution in [0.4, 0.5) is 8.78 Å². The second-order valence-electron chi connectivity index (χ2n) is 1.61. The molecule has 0 N–H and O–H groups in total. The molecule has 0 aliphatic heterocycles. The molecule has 1 nitrogen and oxygen atoms in total. The van der Waals surface area contributed by atoms with Gasteiger partial charge in [0, 0.05) is 13.3 Å². The van der Waals surface area contributed by atoms with Gasteiger partial charge >= 0.3 is 5.92 Å². The lowest BCUT2D eigenvalue weighted by Gasteiger charge is -2.06. The summed E-state index contributed by atoms with van der Waals surface area (Å²) >= 11 is 0. The van der Waals surface area contributed by atoms with Gasteiger partial charge in [0.2, 0.25) is 0 Å². The third-order valence-corrected chi connectivity index (χ3v) is 0.959. The average molecular weight is 122 g/mol. The van der Waals surface area contributed by atoms with Crippen LogP contribution in [-0.4, -0.2) is 11.7 Å². The first-order chi connectivity index (χ1) is 3.50. The predicted molar refractivity (Wildman–Crippen MR) is 25.9 cm³/mol. The molecule has 0 spiro atoms. The fourth-order valence-corrected chi connectivity index (χ4v) is 0.249. The molecule has 0 amide bonds. The van der Waals surface area contributed by atoms with E-state index in [1.807, 2.05) is 0 Å². The molecule has 8 heavy (non-hydrogen) atoms. The van der Waals surface area contributed by atoms with Crippen molar-refractivity contribution < 1.29 is 13.6 Å². The fourth-order valence-electron chi connectivity index (χ4n) is 0.249. The lowest BCUT2D eigenvalue weighted by atomic mass is 10.2. The Morgan fingerprint density at radius 2 is 2.00 bits per heavy atom. The van der Waals surface area contributed by atoms with Crippen LogP contribution in [-0.2, 0) is 4.79 Å². The molecule has 0 aliphatic rings. The van der Waals surface area contributed by atoms with E-state index in [4.69, 9.17) is 0 Å². The number of rotatable bonds is 2. The predicted octanol–water partition coefficient (Wildman–Crippen LogP) is 1.62. The minimum Gasteiger partial charge on any atom is -0.293 e. The highest BCUT2D eigenvalue weighted by Gasteiger charge is 2.31. The molecule has 0 aromatic carbocycles. The molecule has 48 valence electrons. The minimum atomic E-state index is -3.10. The monoisotopic (exact) mass is 122 g/mol. The first kappa shape index (κ1) is 7.53. The van der Waals surface area contributed by atoms with Crippen LogP contribution in [0.15, 0.2) is 0 Å². The Hall–Kier alpha value is -0.470. The highest BCUT2D eigenvalue weighted by atomic mass is 19.3. The van der Waals surface area contributed by atoms with Gasteiger partial charge in [-0.3, -0.25) is 4.79 Å². The summed E-state index contributed by atoms with van der Waals surface area (Å²) in [5.74, 6) is -4.15. The van der Waals surface area contributed by atoms with Crippen molar-refractivity contribution in [1.82, 2.24) is 0 Å². The van der Waals surface area contributed by atoms with Crippen LogP contribution < -0.4 is 0 Å². The quantitative estimate of drug-likeness (QED) is 0.544. The van der Waals surface area contributed by atoms with Crippen molar-refractivity contribution in [3.63, 3.8) is 0 Å². The van der Waals surface area contributed by atoms with Gasteiger partial charge < -0.3 is 0 Å².